The smallest absolute Gasteiger partial charge is 0.0538 e. The van der Waals surface area contributed by atoms with Crippen molar-refractivity contribution in [1.82, 2.24) is 0 Å². The van der Waals surface area contributed by atoms with Crippen LogP contribution in [0.25, 0.3) is 0 Å². The summed E-state index contributed by atoms with van der Waals surface area (Å²) in [6.45, 7) is 1.86. The Kier molecular flexibility index (Phi) is 1.08. The number of hydrogen-bond acceptors (Lipinski definition) is 2. The molecule has 1 aliphatic heterocycles. The van der Waals surface area contributed by atoms with Gasteiger partial charge in [0.1, 0.15) is 0 Å². The highest BCUT2D eigenvalue weighted by molar-refractivity contribution is 5.00. The van der Waals surface area contributed by atoms with Gasteiger partial charge in [0.05, 0.1) is 6.61 Å². The van der Waals surface area contributed by atoms with E-state index in [1.54, 1.807) is 0 Å². The lowest BCUT2D eigenvalue weighted by molar-refractivity contribution is 0.0664. The topological polar surface area (TPSA) is 35.2 Å². The minimum atomic E-state index is 0.431. The molecule has 0 aromatic heterocycles. The van der Waals surface area contributed by atoms with Crippen LogP contribution in [0.5, 0.6) is 0 Å². The molecule has 1 saturated heterocycles. The first-order valence-corrected chi connectivity index (χ1v) is 3.67. The number of hydrogen-bond donors (Lipinski definition) is 1. The second-order valence-corrected chi connectivity index (χ2v) is 3.31. The largest absolute Gasteiger partial charge is 0.381 e. The Morgan fingerprint density at radius 2 is 2.33 bits per heavy atom. The van der Waals surface area contributed by atoms with E-state index in [2.05, 4.69) is 0 Å². The Bertz CT molecular complexity index is 118. The predicted octanol–water partition coefficient (Wildman–Crippen LogP) is 0.514. The third-order valence-electron chi connectivity index (χ3n) is 2.87. The molecule has 1 heterocycles. The van der Waals surface area contributed by atoms with Gasteiger partial charge >= 0.3 is 0 Å². The molecule has 52 valence electrons. The summed E-state index contributed by atoms with van der Waals surface area (Å²) < 4.78 is 5.29. The van der Waals surface area contributed by atoms with E-state index in [1.165, 1.54) is 19.3 Å². The van der Waals surface area contributed by atoms with Gasteiger partial charge in [-0.2, -0.15) is 0 Å². The summed E-state index contributed by atoms with van der Waals surface area (Å²) in [6, 6.07) is 0.444. The first kappa shape index (κ1) is 5.69. The van der Waals surface area contributed by atoms with Crippen molar-refractivity contribution < 1.29 is 4.74 Å². The van der Waals surface area contributed by atoms with E-state index in [9.17, 15) is 0 Å². The fourth-order valence-electron chi connectivity index (χ4n) is 1.83. The molecular weight excluding hydrogens is 114 g/mol. The molecule has 0 amide bonds. The van der Waals surface area contributed by atoms with Gasteiger partial charge in [0.25, 0.3) is 0 Å². The van der Waals surface area contributed by atoms with E-state index < -0.39 is 0 Å². The van der Waals surface area contributed by atoms with Gasteiger partial charge in [-0.3, -0.25) is 0 Å². The van der Waals surface area contributed by atoms with E-state index in [1.807, 2.05) is 0 Å². The average molecular weight is 127 g/mol. The summed E-state index contributed by atoms with van der Waals surface area (Å²) in [7, 11) is 0. The van der Waals surface area contributed by atoms with Crippen LogP contribution in [0.2, 0.25) is 0 Å². The molecule has 2 aliphatic rings. The number of nitrogens with two attached hydrogens (primary N) is 1. The van der Waals surface area contributed by atoms with Crippen LogP contribution in [0.4, 0.5) is 0 Å². The van der Waals surface area contributed by atoms with Gasteiger partial charge in [0, 0.05) is 18.1 Å². The lowest BCUT2D eigenvalue weighted by Gasteiger charge is -2.43. The van der Waals surface area contributed by atoms with Crippen molar-refractivity contribution in [3.63, 3.8) is 0 Å². The molecule has 0 bridgehead atoms. The summed E-state index contributed by atoms with van der Waals surface area (Å²) in [5.41, 5.74) is 6.27. The highest BCUT2D eigenvalue weighted by atomic mass is 16.5. The summed E-state index contributed by atoms with van der Waals surface area (Å²) in [5.74, 6) is 0. The van der Waals surface area contributed by atoms with Gasteiger partial charge in [-0.05, 0) is 19.3 Å². The SMILES string of the molecule is NC1CCC12CCOC2. The molecule has 2 heteroatoms. The molecule has 2 nitrogen and oxygen atoms in total. The summed E-state index contributed by atoms with van der Waals surface area (Å²) >= 11 is 0. The Hall–Kier alpha value is -0.0800. The highest BCUT2D eigenvalue weighted by Gasteiger charge is 2.47. The van der Waals surface area contributed by atoms with Gasteiger partial charge in [-0.1, -0.05) is 0 Å². The molecule has 2 N–H and O–H groups in total. The number of ether oxygens (including phenoxy) is 1. The molecule has 1 saturated carbocycles. The normalized spacial score (nSPS) is 49.7. The molecule has 2 unspecified atom stereocenters. The van der Waals surface area contributed by atoms with E-state index in [0.29, 0.717) is 11.5 Å². The van der Waals surface area contributed by atoms with Crippen molar-refractivity contribution in [2.75, 3.05) is 13.2 Å². The average Bonchev–Trinajstić information content (AvgIpc) is 2.34. The van der Waals surface area contributed by atoms with Crippen LogP contribution < -0.4 is 5.73 Å². The van der Waals surface area contributed by atoms with Crippen molar-refractivity contribution in [2.24, 2.45) is 11.1 Å². The molecule has 2 fully saturated rings. The fraction of sp³-hybridized carbons (Fsp3) is 1.00. The van der Waals surface area contributed by atoms with Crippen LogP contribution in [-0.2, 0) is 4.74 Å². The maximum atomic E-state index is 5.84. The van der Waals surface area contributed by atoms with Gasteiger partial charge < -0.3 is 10.5 Å². The van der Waals surface area contributed by atoms with Gasteiger partial charge in [0.2, 0.25) is 0 Å². The van der Waals surface area contributed by atoms with Gasteiger partial charge in [0.15, 0.2) is 0 Å². The van der Waals surface area contributed by atoms with E-state index in [0.717, 1.165) is 13.2 Å². The molecule has 0 radical (unpaired) electrons. The molecule has 0 aromatic rings. The fourth-order valence-corrected chi connectivity index (χ4v) is 1.83. The van der Waals surface area contributed by atoms with E-state index >= 15 is 0 Å². The zero-order valence-electron chi connectivity index (χ0n) is 5.60. The van der Waals surface area contributed by atoms with Crippen LogP contribution in [-0.4, -0.2) is 19.3 Å². The first-order chi connectivity index (χ1) is 4.33. The van der Waals surface area contributed by atoms with Crippen LogP contribution >= 0.6 is 0 Å². The quantitative estimate of drug-likeness (QED) is 0.514. The van der Waals surface area contributed by atoms with Crippen molar-refractivity contribution >= 4 is 0 Å². The van der Waals surface area contributed by atoms with Crippen molar-refractivity contribution in [3.05, 3.63) is 0 Å². The molecule has 1 aliphatic carbocycles. The monoisotopic (exact) mass is 127 g/mol. The predicted molar refractivity (Wildman–Crippen MR) is 35.1 cm³/mol. The van der Waals surface area contributed by atoms with Crippen LogP contribution in [0.1, 0.15) is 19.3 Å². The Morgan fingerprint density at radius 3 is 2.56 bits per heavy atom. The lowest BCUT2D eigenvalue weighted by Crippen LogP contribution is -2.51. The third-order valence-corrected chi connectivity index (χ3v) is 2.87. The standard InChI is InChI=1S/C7H13NO/c8-6-1-2-7(6)3-4-9-5-7/h6H,1-5,8H2. The summed E-state index contributed by atoms with van der Waals surface area (Å²) in [4.78, 5) is 0. The molecule has 0 aromatic carbocycles. The highest BCUT2D eigenvalue weighted by Crippen LogP contribution is 2.45. The van der Waals surface area contributed by atoms with Gasteiger partial charge in [-0.15, -0.1) is 0 Å². The van der Waals surface area contributed by atoms with Crippen LogP contribution in [0, 0.1) is 5.41 Å². The van der Waals surface area contributed by atoms with E-state index in [-0.39, 0.29) is 0 Å². The van der Waals surface area contributed by atoms with E-state index in [4.69, 9.17) is 10.5 Å². The van der Waals surface area contributed by atoms with Crippen LogP contribution in [0.3, 0.4) is 0 Å². The molecule has 9 heavy (non-hydrogen) atoms. The minimum Gasteiger partial charge on any atom is -0.381 e. The zero-order valence-corrected chi connectivity index (χ0v) is 5.60. The summed E-state index contributed by atoms with van der Waals surface area (Å²) in [5, 5.41) is 0. The molecule has 2 rings (SSSR count). The first-order valence-electron chi connectivity index (χ1n) is 3.67. The second-order valence-electron chi connectivity index (χ2n) is 3.31. The molecule has 1 spiro atoms. The molecule has 2 atom stereocenters. The third kappa shape index (κ3) is 0.634. The van der Waals surface area contributed by atoms with Crippen molar-refractivity contribution in [3.8, 4) is 0 Å². The Balaban J connectivity index is 2.06. The van der Waals surface area contributed by atoms with Crippen molar-refractivity contribution in [2.45, 2.75) is 25.3 Å². The zero-order chi connectivity index (χ0) is 6.32. The maximum absolute atomic E-state index is 5.84. The Morgan fingerprint density at radius 1 is 1.44 bits per heavy atom. The minimum absolute atomic E-state index is 0.431. The number of rotatable bonds is 0. The van der Waals surface area contributed by atoms with Gasteiger partial charge in [-0.25, -0.2) is 0 Å². The second kappa shape index (κ2) is 1.70. The van der Waals surface area contributed by atoms with Crippen molar-refractivity contribution in [1.29, 1.82) is 0 Å². The molecular formula is C7H13NO. The summed E-state index contributed by atoms with van der Waals surface area (Å²) in [6.07, 6.45) is 3.71. The lowest BCUT2D eigenvalue weighted by atomic mass is 9.64. The van der Waals surface area contributed by atoms with Crippen LogP contribution in [0.15, 0.2) is 0 Å². The maximum Gasteiger partial charge on any atom is 0.0538 e. The Labute approximate surface area is 55.4 Å².